The fraction of sp³-hybridized carbons (Fsp3) is 0.364. The van der Waals surface area contributed by atoms with Gasteiger partial charge in [-0.15, -0.1) is 0 Å². The van der Waals surface area contributed by atoms with Crippen LogP contribution in [0.25, 0.3) is 11.4 Å². The largest absolute Gasteiger partial charge is 0.437 e. The highest BCUT2D eigenvalue weighted by Crippen LogP contribution is 2.20. The van der Waals surface area contributed by atoms with Gasteiger partial charge in [-0.05, 0) is 13.0 Å². The van der Waals surface area contributed by atoms with Gasteiger partial charge in [0.15, 0.2) is 15.9 Å². The van der Waals surface area contributed by atoms with E-state index < -0.39 is 22.0 Å². The molecule has 118 valence electrons. The molecule has 0 unspecified atom stereocenters. The van der Waals surface area contributed by atoms with E-state index in [9.17, 15) is 13.2 Å². The van der Waals surface area contributed by atoms with Crippen LogP contribution in [0, 0.1) is 0 Å². The molecule has 2 aromatic heterocycles. The summed E-state index contributed by atoms with van der Waals surface area (Å²) in [4.78, 5) is 14.7. The lowest BCUT2D eigenvalue weighted by atomic mass is 10.2. The standard InChI is InChI=1S/C11H13N5O5S/c1-6(20-11(12)17)10-14-9(16-21-10)7-3-8(15-13-4-7)5-22(2,18)19/h3-4,6H,5H2,1-2H3,(H2,12,17)/t6-/m0/s1. The molecule has 0 saturated heterocycles. The molecule has 1 amide bonds. The van der Waals surface area contributed by atoms with Gasteiger partial charge in [0, 0.05) is 11.8 Å². The summed E-state index contributed by atoms with van der Waals surface area (Å²) in [6, 6.07) is 1.49. The van der Waals surface area contributed by atoms with Crippen molar-refractivity contribution in [2.75, 3.05) is 6.26 Å². The molecule has 0 radical (unpaired) electrons. The molecule has 2 rings (SSSR count). The van der Waals surface area contributed by atoms with Crippen LogP contribution in [-0.2, 0) is 20.3 Å². The third-order valence-electron chi connectivity index (χ3n) is 2.46. The van der Waals surface area contributed by atoms with Crippen LogP contribution in [0.3, 0.4) is 0 Å². The topological polar surface area (TPSA) is 151 Å². The molecule has 0 aliphatic carbocycles. The molecule has 0 aliphatic rings. The average Bonchev–Trinajstić information content (AvgIpc) is 2.85. The molecule has 2 heterocycles. The van der Waals surface area contributed by atoms with Crippen molar-refractivity contribution in [2.45, 2.75) is 18.8 Å². The lowest BCUT2D eigenvalue weighted by Crippen LogP contribution is -2.15. The van der Waals surface area contributed by atoms with Gasteiger partial charge in [-0.25, -0.2) is 13.2 Å². The van der Waals surface area contributed by atoms with Crippen molar-refractivity contribution >= 4 is 15.9 Å². The zero-order chi connectivity index (χ0) is 16.3. The normalized spacial score (nSPS) is 12.8. The van der Waals surface area contributed by atoms with Crippen LogP contribution in [-0.4, -0.2) is 41.1 Å². The average molecular weight is 327 g/mol. The first-order chi connectivity index (χ1) is 10.2. The number of aromatic nitrogens is 4. The van der Waals surface area contributed by atoms with Gasteiger partial charge in [0.05, 0.1) is 17.6 Å². The molecule has 22 heavy (non-hydrogen) atoms. The van der Waals surface area contributed by atoms with Gasteiger partial charge < -0.3 is 15.0 Å². The van der Waals surface area contributed by atoms with Crippen molar-refractivity contribution in [1.82, 2.24) is 20.3 Å². The maximum atomic E-state index is 11.3. The Morgan fingerprint density at radius 1 is 1.50 bits per heavy atom. The molecule has 2 aromatic rings. The number of hydrogen-bond acceptors (Lipinski definition) is 9. The molecular formula is C11H13N5O5S. The van der Waals surface area contributed by atoms with Gasteiger partial charge in [-0.2, -0.15) is 15.2 Å². The van der Waals surface area contributed by atoms with Crippen molar-refractivity contribution in [1.29, 1.82) is 0 Å². The summed E-state index contributed by atoms with van der Waals surface area (Å²) < 4.78 is 32.2. The van der Waals surface area contributed by atoms with E-state index in [1.54, 1.807) is 0 Å². The molecule has 1 atom stereocenters. The Morgan fingerprint density at radius 2 is 2.23 bits per heavy atom. The summed E-state index contributed by atoms with van der Waals surface area (Å²) in [6.07, 6.45) is 0.689. The minimum Gasteiger partial charge on any atom is -0.437 e. The minimum atomic E-state index is -3.24. The molecule has 0 bridgehead atoms. The lowest BCUT2D eigenvalue weighted by molar-refractivity contribution is 0.0959. The Hall–Kier alpha value is -2.56. The van der Waals surface area contributed by atoms with Crippen molar-refractivity contribution < 1.29 is 22.5 Å². The maximum absolute atomic E-state index is 11.3. The Kier molecular flexibility index (Phi) is 4.35. The monoisotopic (exact) mass is 327 g/mol. The second kappa shape index (κ2) is 6.05. The van der Waals surface area contributed by atoms with Gasteiger partial charge in [0.2, 0.25) is 5.82 Å². The van der Waals surface area contributed by atoms with Crippen LogP contribution >= 0.6 is 0 Å². The first-order valence-electron chi connectivity index (χ1n) is 6.04. The van der Waals surface area contributed by atoms with Crippen LogP contribution in [0.5, 0.6) is 0 Å². The Morgan fingerprint density at radius 3 is 2.86 bits per heavy atom. The number of primary amides is 1. The maximum Gasteiger partial charge on any atom is 0.405 e. The molecule has 0 spiro atoms. The Balaban J connectivity index is 2.24. The molecule has 10 nitrogen and oxygen atoms in total. The second-order valence-corrected chi connectivity index (χ2v) is 6.68. The number of carbonyl (C=O) groups is 1. The fourth-order valence-electron chi connectivity index (χ4n) is 1.61. The third kappa shape index (κ3) is 4.22. The minimum absolute atomic E-state index is 0.0512. The highest BCUT2D eigenvalue weighted by molar-refractivity contribution is 7.89. The lowest BCUT2D eigenvalue weighted by Gasteiger charge is -2.04. The van der Waals surface area contributed by atoms with Crippen LogP contribution in [0.1, 0.15) is 24.6 Å². The smallest absolute Gasteiger partial charge is 0.405 e. The highest BCUT2D eigenvalue weighted by Gasteiger charge is 2.18. The van der Waals surface area contributed by atoms with E-state index in [1.807, 2.05) is 0 Å². The first kappa shape index (κ1) is 15.8. The molecule has 0 saturated carbocycles. The van der Waals surface area contributed by atoms with E-state index in [-0.39, 0.29) is 23.2 Å². The van der Waals surface area contributed by atoms with E-state index in [1.165, 1.54) is 19.2 Å². The van der Waals surface area contributed by atoms with E-state index in [0.29, 0.717) is 5.56 Å². The van der Waals surface area contributed by atoms with Crippen molar-refractivity contribution in [3.63, 3.8) is 0 Å². The zero-order valence-electron chi connectivity index (χ0n) is 11.8. The number of nitrogens with zero attached hydrogens (tertiary/aromatic N) is 4. The second-order valence-electron chi connectivity index (χ2n) is 4.54. The number of sulfone groups is 1. The third-order valence-corrected chi connectivity index (χ3v) is 3.28. The summed E-state index contributed by atoms with van der Waals surface area (Å²) in [6.45, 7) is 1.52. The van der Waals surface area contributed by atoms with Gasteiger partial charge in [-0.1, -0.05) is 5.16 Å². The van der Waals surface area contributed by atoms with Crippen molar-refractivity contribution in [3.05, 3.63) is 23.8 Å². The van der Waals surface area contributed by atoms with Crippen LogP contribution < -0.4 is 5.73 Å². The van der Waals surface area contributed by atoms with Gasteiger partial charge in [0.1, 0.15) is 0 Å². The summed E-state index contributed by atoms with van der Waals surface area (Å²) in [5.74, 6) is -0.0328. The fourth-order valence-corrected chi connectivity index (χ4v) is 2.29. The Bertz CT molecular complexity index is 788. The number of ether oxygens (including phenoxy) is 1. The molecule has 11 heteroatoms. The van der Waals surface area contributed by atoms with Crippen molar-refractivity contribution in [2.24, 2.45) is 5.73 Å². The van der Waals surface area contributed by atoms with E-state index >= 15 is 0 Å². The number of nitrogens with two attached hydrogens (primary N) is 1. The van der Waals surface area contributed by atoms with Crippen LogP contribution in [0.2, 0.25) is 0 Å². The van der Waals surface area contributed by atoms with E-state index in [2.05, 4.69) is 20.3 Å². The summed E-state index contributed by atoms with van der Waals surface area (Å²) in [7, 11) is -3.24. The SMILES string of the molecule is C[C@H](OC(N)=O)c1nc(-c2cnnc(CS(C)(=O)=O)c2)no1. The number of rotatable bonds is 5. The number of amides is 1. The molecule has 2 N–H and O–H groups in total. The predicted octanol–water partition coefficient (Wildman–Crippen LogP) is 0.228. The van der Waals surface area contributed by atoms with Gasteiger partial charge in [0.25, 0.3) is 5.89 Å². The van der Waals surface area contributed by atoms with Crippen LogP contribution in [0.4, 0.5) is 4.79 Å². The number of carbonyl (C=O) groups excluding carboxylic acids is 1. The zero-order valence-corrected chi connectivity index (χ0v) is 12.6. The summed E-state index contributed by atoms with van der Waals surface area (Å²) >= 11 is 0. The van der Waals surface area contributed by atoms with Gasteiger partial charge >= 0.3 is 6.09 Å². The highest BCUT2D eigenvalue weighted by atomic mass is 32.2. The summed E-state index contributed by atoms with van der Waals surface area (Å²) in [5.41, 5.74) is 5.58. The van der Waals surface area contributed by atoms with Crippen LogP contribution in [0.15, 0.2) is 16.8 Å². The molecule has 0 aliphatic heterocycles. The molecule has 0 aromatic carbocycles. The van der Waals surface area contributed by atoms with Crippen molar-refractivity contribution in [3.8, 4) is 11.4 Å². The quantitative estimate of drug-likeness (QED) is 0.813. The van der Waals surface area contributed by atoms with E-state index in [4.69, 9.17) is 15.0 Å². The molecule has 0 fully saturated rings. The van der Waals surface area contributed by atoms with E-state index in [0.717, 1.165) is 6.26 Å². The Labute approximate surface area is 125 Å². The first-order valence-corrected chi connectivity index (χ1v) is 8.10. The number of hydrogen-bond donors (Lipinski definition) is 1. The summed E-state index contributed by atoms with van der Waals surface area (Å²) in [5, 5.41) is 11.2. The molecular weight excluding hydrogens is 314 g/mol. The van der Waals surface area contributed by atoms with Gasteiger partial charge in [-0.3, -0.25) is 0 Å². The predicted molar refractivity (Wildman–Crippen MR) is 73.0 cm³/mol.